The number of carbonyl (C=O) groups excluding carboxylic acids is 3. The summed E-state index contributed by atoms with van der Waals surface area (Å²) in [5, 5.41) is 2.71. The zero-order valence-electron chi connectivity index (χ0n) is 11.7. The molecule has 0 aromatic heterocycles. The van der Waals surface area contributed by atoms with Gasteiger partial charge in [-0.25, -0.2) is 9.59 Å². The van der Waals surface area contributed by atoms with Gasteiger partial charge in [-0.3, -0.25) is 4.79 Å². The highest BCUT2D eigenvalue weighted by Crippen LogP contribution is 1.97. The summed E-state index contributed by atoms with van der Waals surface area (Å²) in [4.78, 5) is 33.6. The van der Waals surface area contributed by atoms with Crippen LogP contribution in [0.15, 0.2) is 42.5 Å². The van der Waals surface area contributed by atoms with Crippen molar-refractivity contribution in [3.63, 3.8) is 0 Å². The van der Waals surface area contributed by atoms with E-state index >= 15 is 0 Å². The average molecular weight is 291 g/mol. The number of rotatable bonds is 7. The van der Waals surface area contributed by atoms with Crippen molar-refractivity contribution in [1.82, 2.24) is 5.32 Å². The number of amides is 1. The second-order valence-corrected chi connectivity index (χ2v) is 4.00. The van der Waals surface area contributed by atoms with Crippen LogP contribution in [-0.2, 0) is 19.1 Å². The molecular formula is C15H17NO5. The third-order valence-electron chi connectivity index (χ3n) is 2.44. The van der Waals surface area contributed by atoms with E-state index in [1.54, 1.807) is 24.3 Å². The first-order valence-electron chi connectivity index (χ1n) is 6.39. The van der Waals surface area contributed by atoms with E-state index in [2.05, 4.69) is 10.1 Å². The molecule has 1 aromatic carbocycles. The molecule has 0 aliphatic heterocycles. The summed E-state index contributed by atoms with van der Waals surface area (Å²) in [7, 11) is 1.22. The van der Waals surface area contributed by atoms with Crippen LogP contribution in [0.25, 0.3) is 0 Å². The zero-order valence-corrected chi connectivity index (χ0v) is 11.7. The lowest BCUT2D eigenvalue weighted by molar-refractivity contribution is -0.139. The van der Waals surface area contributed by atoms with E-state index in [4.69, 9.17) is 4.74 Å². The number of carbonyl (C=O) groups is 3. The van der Waals surface area contributed by atoms with Crippen molar-refractivity contribution in [3.05, 3.63) is 48.0 Å². The Morgan fingerprint density at radius 3 is 2.43 bits per heavy atom. The first-order valence-corrected chi connectivity index (χ1v) is 6.39. The third-order valence-corrected chi connectivity index (χ3v) is 2.44. The molecule has 1 rings (SSSR count). The van der Waals surface area contributed by atoms with Gasteiger partial charge >= 0.3 is 11.9 Å². The number of hydrogen-bond acceptors (Lipinski definition) is 5. The Balaban J connectivity index is 2.15. The molecule has 0 radical (unpaired) electrons. The zero-order chi connectivity index (χ0) is 15.5. The molecule has 1 aromatic rings. The second-order valence-electron chi connectivity index (χ2n) is 4.00. The molecule has 0 fully saturated rings. The molecule has 0 bridgehead atoms. The first kappa shape index (κ1) is 16.4. The quantitative estimate of drug-likeness (QED) is 0.462. The minimum Gasteiger partial charge on any atom is -0.466 e. The number of ether oxygens (including phenoxy) is 2. The van der Waals surface area contributed by atoms with Crippen LogP contribution in [0.1, 0.15) is 16.8 Å². The topological polar surface area (TPSA) is 81.7 Å². The van der Waals surface area contributed by atoms with E-state index in [9.17, 15) is 14.4 Å². The third kappa shape index (κ3) is 6.91. The normalized spacial score (nSPS) is 10.1. The van der Waals surface area contributed by atoms with Gasteiger partial charge in [-0.05, 0) is 18.6 Å². The molecule has 0 unspecified atom stereocenters. The van der Waals surface area contributed by atoms with Crippen molar-refractivity contribution < 1.29 is 23.9 Å². The molecule has 0 saturated heterocycles. The van der Waals surface area contributed by atoms with Crippen LogP contribution in [-0.4, -0.2) is 38.1 Å². The Morgan fingerprint density at radius 1 is 1.10 bits per heavy atom. The minimum atomic E-state index is -0.630. The lowest BCUT2D eigenvalue weighted by Gasteiger charge is -2.05. The van der Waals surface area contributed by atoms with E-state index in [0.717, 1.165) is 12.2 Å². The maximum atomic E-state index is 11.7. The van der Waals surface area contributed by atoms with Crippen LogP contribution >= 0.6 is 0 Å². The van der Waals surface area contributed by atoms with E-state index in [1.807, 2.05) is 6.07 Å². The predicted octanol–water partition coefficient (Wildman–Crippen LogP) is 1.08. The van der Waals surface area contributed by atoms with E-state index in [1.165, 1.54) is 7.11 Å². The van der Waals surface area contributed by atoms with Crippen LogP contribution in [0.4, 0.5) is 0 Å². The highest BCUT2D eigenvalue weighted by molar-refractivity contribution is 5.94. The summed E-state index contributed by atoms with van der Waals surface area (Å²) in [5.74, 6) is -1.43. The molecule has 0 heterocycles. The molecule has 0 spiro atoms. The Kier molecular flexibility index (Phi) is 7.28. The van der Waals surface area contributed by atoms with Crippen LogP contribution < -0.4 is 5.32 Å². The van der Waals surface area contributed by atoms with Crippen molar-refractivity contribution >= 4 is 17.8 Å². The molecule has 0 aliphatic carbocycles. The van der Waals surface area contributed by atoms with Crippen molar-refractivity contribution in [2.75, 3.05) is 20.3 Å². The highest BCUT2D eigenvalue weighted by Gasteiger charge is 2.03. The van der Waals surface area contributed by atoms with Gasteiger partial charge in [0.1, 0.15) is 0 Å². The maximum Gasteiger partial charge on any atom is 0.331 e. The molecule has 0 atom stereocenters. The Morgan fingerprint density at radius 2 is 1.76 bits per heavy atom. The molecule has 1 amide bonds. The van der Waals surface area contributed by atoms with Crippen LogP contribution in [0, 0.1) is 0 Å². The Bertz CT molecular complexity index is 510. The fourth-order valence-electron chi connectivity index (χ4n) is 1.39. The van der Waals surface area contributed by atoms with E-state index in [0.29, 0.717) is 18.5 Å². The Hall–Kier alpha value is -2.63. The van der Waals surface area contributed by atoms with Gasteiger partial charge in [-0.2, -0.15) is 0 Å². The van der Waals surface area contributed by atoms with Crippen molar-refractivity contribution in [3.8, 4) is 0 Å². The lowest BCUT2D eigenvalue weighted by Crippen LogP contribution is -2.25. The molecular weight excluding hydrogens is 274 g/mol. The summed E-state index contributed by atoms with van der Waals surface area (Å²) in [5.41, 5.74) is 0.579. The molecule has 6 nitrogen and oxygen atoms in total. The fraction of sp³-hybridized carbons (Fsp3) is 0.267. The predicted molar refractivity (Wildman–Crippen MR) is 75.5 cm³/mol. The van der Waals surface area contributed by atoms with Gasteiger partial charge in [0.25, 0.3) is 5.91 Å². The highest BCUT2D eigenvalue weighted by atomic mass is 16.5. The molecule has 21 heavy (non-hydrogen) atoms. The van der Waals surface area contributed by atoms with Gasteiger partial charge in [-0.1, -0.05) is 18.2 Å². The molecule has 0 saturated carbocycles. The van der Waals surface area contributed by atoms with Crippen LogP contribution in [0.5, 0.6) is 0 Å². The second kappa shape index (κ2) is 9.30. The molecule has 1 N–H and O–H groups in total. The Labute approximate surface area is 122 Å². The summed E-state index contributed by atoms with van der Waals surface area (Å²) in [6.45, 7) is 0.543. The van der Waals surface area contributed by atoms with Gasteiger partial charge in [-0.15, -0.1) is 0 Å². The molecule has 6 heteroatoms. The lowest BCUT2D eigenvalue weighted by atomic mass is 10.2. The first-order chi connectivity index (χ1) is 10.1. The SMILES string of the molecule is COC(=O)/C=C/C(=O)OCCCNC(=O)c1ccccc1. The van der Waals surface area contributed by atoms with E-state index < -0.39 is 11.9 Å². The maximum absolute atomic E-state index is 11.7. The number of methoxy groups -OCH3 is 1. The van der Waals surface area contributed by atoms with Gasteiger partial charge in [0.15, 0.2) is 0 Å². The van der Waals surface area contributed by atoms with Crippen molar-refractivity contribution in [2.45, 2.75) is 6.42 Å². The standard InChI is InChI=1S/C15H17NO5/c1-20-13(17)8-9-14(18)21-11-5-10-16-15(19)12-6-3-2-4-7-12/h2-4,6-9H,5,10-11H2,1H3,(H,16,19)/b9-8+. The monoisotopic (exact) mass is 291 g/mol. The smallest absolute Gasteiger partial charge is 0.331 e. The minimum absolute atomic E-state index is 0.152. The summed E-state index contributed by atoms with van der Waals surface area (Å²) < 4.78 is 9.17. The number of benzene rings is 1. The number of hydrogen-bond donors (Lipinski definition) is 1. The van der Waals surface area contributed by atoms with Crippen molar-refractivity contribution in [2.24, 2.45) is 0 Å². The molecule has 0 aliphatic rings. The summed E-state index contributed by atoms with van der Waals surface area (Å²) >= 11 is 0. The number of nitrogens with one attached hydrogen (secondary N) is 1. The average Bonchev–Trinajstić information content (AvgIpc) is 2.52. The van der Waals surface area contributed by atoms with Gasteiger partial charge in [0.2, 0.25) is 0 Å². The summed E-state index contributed by atoms with van der Waals surface area (Å²) in [6.07, 6.45) is 2.46. The van der Waals surface area contributed by atoms with Crippen LogP contribution in [0.2, 0.25) is 0 Å². The van der Waals surface area contributed by atoms with E-state index in [-0.39, 0.29) is 12.5 Å². The molecule has 112 valence electrons. The van der Waals surface area contributed by atoms with Crippen LogP contribution in [0.3, 0.4) is 0 Å². The van der Waals surface area contributed by atoms with Gasteiger partial charge in [0, 0.05) is 24.3 Å². The largest absolute Gasteiger partial charge is 0.466 e. The van der Waals surface area contributed by atoms with Crippen molar-refractivity contribution in [1.29, 1.82) is 0 Å². The van der Waals surface area contributed by atoms with Gasteiger partial charge in [0.05, 0.1) is 13.7 Å². The summed E-state index contributed by atoms with van der Waals surface area (Å²) in [6, 6.07) is 8.83. The van der Waals surface area contributed by atoms with Gasteiger partial charge < -0.3 is 14.8 Å². The fourth-order valence-corrected chi connectivity index (χ4v) is 1.39. The number of esters is 2.